The summed E-state index contributed by atoms with van der Waals surface area (Å²) in [5.41, 5.74) is 3.12. The van der Waals surface area contributed by atoms with Gasteiger partial charge in [-0.2, -0.15) is 0 Å². The summed E-state index contributed by atoms with van der Waals surface area (Å²) in [6.07, 6.45) is 3.50. The summed E-state index contributed by atoms with van der Waals surface area (Å²) in [6, 6.07) is 15.8. The molecule has 0 saturated carbocycles. The van der Waals surface area contributed by atoms with Crippen molar-refractivity contribution in [2.24, 2.45) is 0 Å². The van der Waals surface area contributed by atoms with Gasteiger partial charge in [-0.25, -0.2) is 0 Å². The van der Waals surface area contributed by atoms with E-state index in [0.717, 1.165) is 25.9 Å². The molecule has 2 aromatic heterocycles. The Morgan fingerprint density at radius 3 is 2.80 bits per heavy atom. The van der Waals surface area contributed by atoms with Crippen LogP contribution < -0.4 is 4.74 Å². The molecule has 4 N–H and O–H groups in total. The van der Waals surface area contributed by atoms with Gasteiger partial charge in [0.25, 0.3) is 5.90 Å². The maximum atomic E-state index is 10.6. The van der Waals surface area contributed by atoms with Gasteiger partial charge in [0.15, 0.2) is 11.7 Å². The quantitative estimate of drug-likeness (QED) is 0.225. The number of piperidine rings is 1. The van der Waals surface area contributed by atoms with Crippen LogP contribution in [0.15, 0.2) is 59.1 Å². The molecule has 1 atom stereocenters. The number of aromatic nitrogens is 1. The molecule has 0 bridgehead atoms. The molecule has 35 heavy (non-hydrogen) atoms. The first-order valence-corrected chi connectivity index (χ1v) is 11.9. The van der Waals surface area contributed by atoms with Crippen molar-refractivity contribution >= 4 is 33.7 Å². The fourth-order valence-corrected chi connectivity index (χ4v) is 4.78. The molecule has 0 unspecified atom stereocenters. The number of furan rings is 1. The Hall–Kier alpha value is -3.62. The summed E-state index contributed by atoms with van der Waals surface area (Å²) in [6.45, 7) is 4.07. The minimum atomic E-state index is -0.620. The molecule has 3 heterocycles. The van der Waals surface area contributed by atoms with Crippen molar-refractivity contribution in [1.29, 1.82) is 10.8 Å². The maximum absolute atomic E-state index is 10.6. The zero-order valence-corrected chi connectivity index (χ0v) is 19.7. The third-order valence-corrected chi connectivity index (χ3v) is 6.54. The minimum Gasteiger partial charge on any atom is -0.490 e. The lowest BCUT2D eigenvalue weighted by Gasteiger charge is -2.33. The average Bonchev–Trinajstić information content (AvgIpc) is 3.49. The van der Waals surface area contributed by atoms with Crippen molar-refractivity contribution in [2.75, 3.05) is 26.2 Å². The molecule has 0 radical (unpaired) electrons. The summed E-state index contributed by atoms with van der Waals surface area (Å²) in [4.78, 5) is 5.60. The first-order chi connectivity index (χ1) is 17.0. The molecule has 2 aromatic carbocycles. The summed E-state index contributed by atoms with van der Waals surface area (Å²) in [5.74, 6) is 1.03. The van der Waals surface area contributed by atoms with Crippen LogP contribution in [0.1, 0.15) is 37.0 Å². The van der Waals surface area contributed by atoms with E-state index in [0.29, 0.717) is 29.2 Å². The Morgan fingerprint density at radius 1 is 1.17 bits per heavy atom. The van der Waals surface area contributed by atoms with Crippen molar-refractivity contribution in [3.8, 4) is 5.75 Å². The van der Waals surface area contributed by atoms with Gasteiger partial charge >= 0.3 is 0 Å². The fraction of sp³-hybridized carbons (Fsp3) is 0.333. The van der Waals surface area contributed by atoms with Gasteiger partial charge in [-0.15, -0.1) is 0 Å². The zero-order valence-electron chi connectivity index (χ0n) is 19.7. The highest BCUT2D eigenvalue weighted by molar-refractivity contribution is 6.00. The second-order valence-corrected chi connectivity index (χ2v) is 9.13. The molecule has 0 aliphatic carbocycles. The number of benzene rings is 2. The molecule has 182 valence electrons. The normalized spacial score (nSPS) is 15.9. The molecule has 4 aromatic rings. The summed E-state index contributed by atoms with van der Waals surface area (Å²) in [7, 11) is 0. The van der Waals surface area contributed by atoms with Crippen LogP contribution in [-0.4, -0.2) is 59.1 Å². The highest BCUT2D eigenvalue weighted by atomic mass is 16.5. The first kappa shape index (κ1) is 23.1. The number of aliphatic hydroxyl groups excluding tert-OH is 1. The number of nitrogens with one attached hydrogen (secondary N) is 3. The topological polar surface area (TPSA) is 119 Å². The molecule has 8 nitrogen and oxygen atoms in total. The van der Waals surface area contributed by atoms with Crippen LogP contribution in [0.25, 0.3) is 21.9 Å². The van der Waals surface area contributed by atoms with Crippen LogP contribution in [0.3, 0.4) is 0 Å². The number of hydrogen-bond acceptors (Lipinski definition) is 7. The molecule has 8 heteroatoms. The van der Waals surface area contributed by atoms with E-state index < -0.39 is 6.10 Å². The molecular weight excluding hydrogens is 444 g/mol. The number of ether oxygens (including phenoxy) is 2. The van der Waals surface area contributed by atoms with Crippen molar-refractivity contribution in [1.82, 2.24) is 9.88 Å². The minimum absolute atomic E-state index is 0.0827. The van der Waals surface area contributed by atoms with Crippen LogP contribution >= 0.6 is 0 Å². The van der Waals surface area contributed by atoms with Gasteiger partial charge < -0.3 is 28.9 Å². The second-order valence-electron chi connectivity index (χ2n) is 9.13. The number of fused-ring (bicyclic) bond motifs is 2. The predicted octanol–water partition coefficient (Wildman–Crippen LogP) is 4.87. The Balaban J connectivity index is 1.14. The molecule has 0 amide bonds. The number of hydrogen-bond donors (Lipinski definition) is 4. The van der Waals surface area contributed by atoms with E-state index in [1.165, 1.54) is 23.4 Å². The molecule has 0 spiro atoms. The van der Waals surface area contributed by atoms with Gasteiger partial charge in [0.1, 0.15) is 24.0 Å². The number of H-pyrrole nitrogens is 1. The van der Waals surface area contributed by atoms with E-state index in [-0.39, 0.29) is 24.2 Å². The third kappa shape index (κ3) is 5.23. The average molecular weight is 475 g/mol. The monoisotopic (exact) mass is 474 g/mol. The number of β-amino-alcohol motifs (C(OH)–C–C–N with tert-alkyl or cyclic N) is 1. The SMILES string of the molecule is CC(=N)OC(=N)c1cc2c(OC[C@@H](O)CN3CCC(c4ccc5cc[nH]c5c4)CC3)cccc2o1. The van der Waals surface area contributed by atoms with Crippen molar-refractivity contribution in [2.45, 2.75) is 31.8 Å². The van der Waals surface area contributed by atoms with Crippen molar-refractivity contribution in [3.05, 3.63) is 66.1 Å². The Labute approximate surface area is 203 Å². The molecule has 1 fully saturated rings. The number of rotatable bonds is 7. The van der Waals surface area contributed by atoms with Crippen LogP contribution in [0.5, 0.6) is 5.75 Å². The van der Waals surface area contributed by atoms with E-state index in [2.05, 4.69) is 34.1 Å². The third-order valence-electron chi connectivity index (χ3n) is 6.54. The predicted molar refractivity (Wildman–Crippen MR) is 136 cm³/mol. The molecule has 1 aliphatic heterocycles. The smallest absolute Gasteiger partial charge is 0.256 e. The van der Waals surface area contributed by atoms with Crippen LogP contribution in [-0.2, 0) is 4.74 Å². The van der Waals surface area contributed by atoms with Gasteiger partial charge in [-0.3, -0.25) is 10.8 Å². The van der Waals surface area contributed by atoms with E-state index >= 15 is 0 Å². The fourth-order valence-electron chi connectivity index (χ4n) is 4.78. The van der Waals surface area contributed by atoms with Crippen LogP contribution in [0, 0.1) is 10.8 Å². The standard InChI is InChI=1S/C27H30N4O4/c1-17(28)34-27(29)26-14-22-24(3-2-4-25(22)35-26)33-16-21(32)15-31-11-8-18(9-12-31)20-6-5-19-7-10-30-23(19)13-20/h2-7,10,13-14,18,21,28-30,32H,8-9,11-12,15-16H2,1H3/t21-/m0/s1. The van der Waals surface area contributed by atoms with Gasteiger partial charge in [-0.05, 0) is 67.1 Å². The zero-order chi connectivity index (χ0) is 24.4. The molecule has 1 aliphatic rings. The van der Waals surface area contributed by atoms with E-state index in [1.54, 1.807) is 18.2 Å². The van der Waals surface area contributed by atoms with Crippen LogP contribution in [0.4, 0.5) is 0 Å². The Bertz CT molecular complexity index is 1350. The Kier molecular flexibility index (Phi) is 6.57. The van der Waals surface area contributed by atoms with Crippen molar-refractivity contribution < 1.29 is 19.0 Å². The number of aromatic amines is 1. The number of nitrogens with zero attached hydrogens (tertiary/aromatic N) is 1. The first-order valence-electron chi connectivity index (χ1n) is 11.9. The van der Waals surface area contributed by atoms with E-state index in [4.69, 9.17) is 24.7 Å². The summed E-state index contributed by atoms with van der Waals surface area (Å²) < 4.78 is 16.6. The molecule has 5 rings (SSSR count). The maximum Gasteiger partial charge on any atom is 0.256 e. The Morgan fingerprint density at radius 2 is 2.00 bits per heavy atom. The van der Waals surface area contributed by atoms with Crippen LogP contribution in [0.2, 0.25) is 0 Å². The van der Waals surface area contributed by atoms with Gasteiger partial charge in [0, 0.05) is 31.2 Å². The highest BCUT2D eigenvalue weighted by Crippen LogP contribution is 2.31. The molecule has 1 saturated heterocycles. The summed E-state index contributed by atoms with van der Waals surface area (Å²) >= 11 is 0. The number of likely N-dealkylation sites (tertiary alicyclic amines) is 1. The lowest BCUT2D eigenvalue weighted by atomic mass is 9.89. The lowest BCUT2D eigenvalue weighted by molar-refractivity contribution is 0.0599. The van der Waals surface area contributed by atoms with Gasteiger partial charge in [0.2, 0.25) is 0 Å². The number of aliphatic hydroxyl groups is 1. The van der Waals surface area contributed by atoms with E-state index in [9.17, 15) is 5.11 Å². The highest BCUT2D eigenvalue weighted by Gasteiger charge is 2.23. The summed E-state index contributed by atoms with van der Waals surface area (Å²) in [5, 5.41) is 27.9. The molecular formula is C27H30N4O4. The van der Waals surface area contributed by atoms with Crippen molar-refractivity contribution in [3.63, 3.8) is 0 Å². The lowest BCUT2D eigenvalue weighted by Crippen LogP contribution is -2.40. The largest absolute Gasteiger partial charge is 0.490 e. The van der Waals surface area contributed by atoms with Gasteiger partial charge in [0.05, 0.1) is 5.39 Å². The second kappa shape index (κ2) is 9.93. The van der Waals surface area contributed by atoms with E-state index in [1.807, 2.05) is 12.3 Å². The van der Waals surface area contributed by atoms with Gasteiger partial charge in [-0.1, -0.05) is 18.2 Å².